The SMILES string of the molecule is CC(N)c1ccn2c(Cl)nnc2c1. The Bertz CT molecular complexity index is 435. The lowest BCUT2D eigenvalue weighted by Crippen LogP contribution is -2.05. The maximum absolute atomic E-state index is 5.76. The summed E-state index contributed by atoms with van der Waals surface area (Å²) in [7, 11) is 0. The first-order valence-corrected chi connectivity index (χ1v) is 4.32. The summed E-state index contributed by atoms with van der Waals surface area (Å²) in [6.07, 6.45) is 1.82. The molecule has 2 heterocycles. The minimum Gasteiger partial charge on any atom is -0.324 e. The standard InChI is InChI=1S/C8H9ClN4/c1-5(10)6-2-3-13-7(4-6)11-12-8(13)9/h2-5H,10H2,1H3. The largest absolute Gasteiger partial charge is 0.324 e. The lowest BCUT2D eigenvalue weighted by atomic mass is 10.1. The highest BCUT2D eigenvalue weighted by Crippen LogP contribution is 2.14. The van der Waals surface area contributed by atoms with Crippen LogP contribution in [0.25, 0.3) is 5.65 Å². The Kier molecular flexibility index (Phi) is 1.94. The molecule has 1 atom stereocenters. The molecule has 5 heteroatoms. The quantitative estimate of drug-likeness (QED) is 0.750. The number of halogens is 1. The van der Waals surface area contributed by atoms with Crippen LogP contribution >= 0.6 is 11.6 Å². The fourth-order valence-electron chi connectivity index (χ4n) is 1.16. The van der Waals surface area contributed by atoms with Crippen LogP contribution < -0.4 is 5.73 Å². The fourth-order valence-corrected chi connectivity index (χ4v) is 1.34. The molecular formula is C8H9ClN4. The summed E-state index contributed by atoms with van der Waals surface area (Å²) in [5.41, 5.74) is 7.47. The predicted octanol–water partition coefficient (Wildman–Crippen LogP) is 1.40. The molecule has 2 rings (SSSR count). The van der Waals surface area contributed by atoms with Crippen LogP contribution in [-0.4, -0.2) is 14.6 Å². The van der Waals surface area contributed by atoms with Gasteiger partial charge in [-0.15, -0.1) is 10.2 Å². The molecule has 0 aliphatic carbocycles. The van der Waals surface area contributed by atoms with Crippen LogP contribution in [0, 0.1) is 0 Å². The Morgan fingerprint density at radius 3 is 3.00 bits per heavy atom. The van der Waals surface area contributed by atoms with E-state index in [0.717, 1.165) is 11.2 Å². The lowest BCUT2D eigenvalue weighted by molar-refractivity contribution is 0.815. The van der Waals surface area contributed by atoms with Gasteiger partial charge in [0.1, 0.15) is 0 Å². The van der Waals surface area contributed by atoms with E-state index in [2.05, 4.69) is 10.2 Å². The molecule has 0 aliphatic rings. The number of hydrogen-bond donors (Lipinski definition) is 1. The van der Waals surface area contributed by atoms with Crippen molar-refractivity contribution in [1.82, 2.24) is 14.6 Å². The molecule has 2 N–H and O–H groups in total. The van der Waals surface area contributed by atoms with Crippen LogP contribution in [0.2, 0.25) is 5.28 Å². The van der Waals surface area contributed by atoms with E-state index in [9.17, 15) is 0 Å². The number of rotatable bonds is 1. The van der Waals surface area contributed by atoms with Crippen LogP contribution in [0.15, 0.2) is 18.3 Å². The lowest BCUT2D eigenvalue weighted by Gasteiger charge is -2.04. The van der Waals surface area contributed by atoms with E-state index in [0.29, 0.717) is 5.28 Å². The average Bonchev–Trinajstić information content (AvgIpc) is 2.47. The van der Waals surface area contributed by atoms with Crippen molar-refractivity contribution in [2.45, 2.75) is 13.0 Å². The van der Waals surface area contributed by atoms with Crippen LogP contribution in [0.4, 0.5) is 0 Å². The van der Waals surface area contributed by atoms with Gasteiger partial charge in [-0.25, -0.2) is 0 Å². The maximum atomic E-state index is 5.76. The van der Waals surface area contributed by atoms with Crippen LogP contribution in [0.1, 0.15) is 18.5 Å². The summed E-state index contributed by atoms with van der Waals surface area (Å²) in [5, 5.41) is 7.99. The van der Waals surface area contributed by atoms with E-state index in [1.807, 2.05) is 25.3 Å². The molecule has 4 nitrogen and oxygen atoms in total. The molecule has 0 aliphatic heterocycles. The van der Waals surface area contributed by atoms with Gasteiger partial charge in [-0.05, 0) is 36.2 Å². The molecule has 0 saturated carbocycles. The highest BCUT2D eigenvalue weighted by Gasteiger charge is 2.04. The van der Waals surface area contributed by atoms with Crippen molar-refractivity contribution in [3.05, 3.63) is 29.2 Å². The zero-order valence-electron chi connectivity index (χ0n) is 7.11. The first-order valence-electron chi connectivity index (χ1n) is 3.94. The smallest absolute Gasteiger partial charge is 0.229 e. The Balaban J connectivity index is 2.63. The molecule has 2 aromatic rings. The number of nitrogens with two attached hydrogens (primary N) is 1. The Morgan fingerprint density at radius 1 is 1.54 bits per heavy atom. The van der Waals surface area contributed by atoms with Gasteiger partial charge in [0.05, 0.1) is 0 Å². The molecular weight excluding hydrogens is 188 g/mol. The van der Waals surface area contributed by atoms with Gasteiger partial charge in [-0.3, -0.25) is 4.40 Å². The van der Waals surface area contributed by atoms with Gasteiger partial charge < -0.3 is 5.73 Å². The topological polar surface area (TPSA) is 56.2 Å². The summed E-state index contributed by atoms with van der Waals surface area (Å²) in [5.74, 6) is 0. The molecule has 0 aromatic carbocycles. The normalized spacial score (nSPS) is 13.5. The van der Waals surface area contributed by atoms with Crippen molar-refractivity contribution >= 4 is 17.2 Å². The number of nitrogens with zero attached hydrogens (tertiary/aromatic N) is 3. The van der Waals surface area contributed by atoms with E-state index in [-0.39, 0.29) is 6.04 Å². The first-order chi connectivity index (χ1) is 6.18. The Labute approximate surface area is 80.3 Å². The van der Waals surface area contributed by atoms with Crippen molar-refractivity contribution in [1.29, 1.82) is 0 Å². The highest BCUT2D eigenvalue weighted by molar-refractivity contribution is 6.28. The van der Waals surface area contributed by atoms with E-state index >= 15 is 0 Å². The summed E-state index contributed by atoms with van der Waals surface area (Å²) in [4.78, 5) is 0. The monoisotopic (exact) mass is 196 g/mol. The fraction of sp³-hybridized carbons (Fsp3) is 0.250. The van der Waals surface area contributed by atoms with Gasteiger partial charge in [0, 0.05) is 12.2 Å². The third kappa shape index (κ3) is 1.38. The average molecular weight is 197 g/mol. The third-order valence-corrected chi connectivity index (χ3v) is 2.18. The van der Waals surface area contributed by atoms with E-state index in [4.69, 9.17) is 17.3 Å². The molecule has 13 heavy (non-hydrogen) atoms. The van der Waals surface area contributed by atoms with Crippen LogP contribution in [0.3, 0.4) is 0 Å². The van der Waals surface area contributed by atoms with Gasteiger partial charge in [0.15, 0.2) is 5.65 Å². The molecule has 68 valence electrons. The molecule has 0 amide bonds. The Hall–Kier alpha value is -1.13. The van der Waals surface area contributed by atoms with Crippen molar-refractivity contribution in [3.63, 3.8) is 0 Å². The number of fused-ring (bicyclic) bond motifs is 1. The summed E-state index contributed by atoms with van der Waals surface area (Å²) < 4.78 is 1.70. The van der Waals surface area contributed by atoms with Gasteiger partial charge in [-0.1, -0.05) is 0 Å². The van der Waals surface area contributed by atoms with Gasteiger partial charge in [0.25, 0.3) is 0 Å². The number of hydrogen-bond acceptors (Lipinski definition) is 3. The second kappa shape index (κ2) is 2.97. The third-order valence-electron chi connectivity index (χ3n) is 1.92. The van der Waals surface area contributed by atoms with Gasteiger partial charge >= 0.3 is 0 Å². The Morgan fingerprint density at radius 2 is 2.31 bits per heavy atom. The minimum atomic E-state index is 0.000440. The van der Waals surface area contributed by atoms with Gasteiger partial charge in [0.2, 0.25) is 5.28 Å². The second-order valence-electron chi connectivity index (χ2n) is 2.95. The maximum Gasteiger partial charge on any atom is 0.229 e. The summed E-state index contributed by atoms with van der Waals surface area (Å²) in [6.45, 7) is 1.92. The van der Waals surface area contributed by atoms with Crippen LogP contribution in [0.5, 0.6) is 0 Å². The van der Waals surface area contributed by atoms with Crippen LogP contribution in [-0.2, 0) is 0 Å². The second-order valence-corrected chi connectivity index (χ2v) is 3.28. The molecule has 0 bridgehead atoms. The number of pyridine rings is 1. The first kappa shape index (κ1) is 8.47. The highest BCUT2D eigenvalue weighted by atomic mass is 35.5. The van der Waals surface area contributed by atoms with E-state index in [1.165, 1.54) is 0 Å². The molecule has 0 radical (unpaired) electrons. The summed E-state index contributed by atoms with van der Waals surface area (Å²) >= 11 is 5.76. The van der Waals surface area contributed by atoms with Crippen molar-refractivity contribution in [3.8, 4) is 0 Å². The molecule has 0 fully saturated rings. The zero-order chi connectivity index (χ0) is 9.42. The summed E-state index contributed by atoms with van der Waals surface area (Å²) in [6, 6.07) is 3.79. The van der Waals surface area contributed by atoms with E-state index in [1.54, 1.807) is 4.40 Å². The van der Waals surface area contributed by atoms with Gasteiger partial charge in [-0.2, -0.15) is 0 Å². The molecule has 1 unspecified atom stereocenters. The molecule has 0 spiro atoms. The predicted molar refractivity (Wildman–Crippen MR) is 50.6 cm³/mol. The number of aromatic nitrogens is 3. The van der Waals surface area contributed by atoms with Crippen molar-refractivity contribution in [2.75, 3.05) is 0 Å². The minimum absolute atomic E-state index is 0.000440. The van der Waals surface area contributed by atoms with Crippen molar-refractivity contribution in [2.24, 2.45) is 5.73 Å². The molecule has 0 saturated heterocycles. The van der Waals surface area contributed by atoms with E-state index < -0.39 is 0 Å². The van der Waals surface area contributed by atoms with Crippen molar-refractivity contribution < 1.29 is 0 Å². The zero-order valence-corrected chi connectivity index (χ0v) is 7.86. The molecule has 2 aromatic heterocycles.